The molecule has 3 nitrogen and oxygen atoms in total. The lowest BCUT2D eigenvalue weighted by molar-refractivity contribution is -0.140. The molecular formula is C22H20ClO3P. The lowest BCUT2D eigenvalue weighted by Gasteiger charge is -2.28. The van der Waals surface area contributed by atoms with Crippen LogP contribution in [0.3, 0.4) is 0 Å². The van der Waals surface area contributed by atoms with Gasteiger partial charge in [-0.25, -0.2) is 0 Å². The first-order valence-corrected chi connectivity index (χ1v) is 10.7. The summed E-state index contributed by atoms with van der Waals surface area (Å²) in [5.41, 5.74) is 0.243. The van der Waals surface area contributed by atoms with Crippen molar-refractivity contribution < 1.29 is 14.1 Å². The van der Waals surface area contributed by atoms with E-state index >= 15 is 0 Å². The minimum Gasteiger partial charge on any atom is -0.469 e. The molecule has 0 heterocycles. The van der Waals surface area contributed by atoms with E-state index in [-0.39, 0.29) is 6.42 Å². The second-order valence-electron chi connectivity index (χ2n) is 6.18. The van der Waals surface area contributed by atoms with Crippen LogP contribution in [-0.2, 0) is 14.1 Å². The fourth-order valence-corrected chi connectivity index (χ4v) is 6.56. The maximum absolute atomic E-state index is 14.6. The third kappa shape index (κ3) is 4.16. The monoisotopic (exact) mass is 398 g/mol. The molecule has 0 aliphatic carbocycles. The number of carbonyl (C=O) groups is 1. The van der Waals surface area contributed by atoms with Crippen molar-refractivity contribution in [1.29, 1.82) is 0 Å². The van der Waals surface area contributed by atoms with E-state index < -0.39 is 18.8 Å². The molecule has 3 aromatic carbocycles. The maximum atomic E-state index is 14.6. The number of carbonyl (C=O) groups excluding carboxylic acids is 1. The fourth-order valence-electron chi connectivity index (χ4n) is 3.19. The molecule has 0 unspecified atom stereocenters. The minimum atomic E-state index is -3.18. The van der Waals surface area contributed by atoms with E-state index in [1.807, 2.05) is 72.8 Å². The Morgan fingerprint density at radius 1 is 0.889 bits per heavy atom. The summed E-state index contributed by atoms with van der Waals surface area (Å²) in [5, 5.41) is 2.00. The summed E-state index contributed by atoms with van der Waals surface area (Å²) in [6.07, 6.45) is 0.0131. The molecule has 0 aliphatic rings. The second kappa shape index (κ2) is 8.56. The highest BCUT2D eigenvalue weighted by Crippen LogP contribution is 2.58. The van der Waals surface area contributed by atoms with Crippen LogP contribution < -0.4 is 10.6 Å². The fraction of sp³-hybridized carbons (Fsp3) is 0.136. The first-order valence-electron chi connectivity index (χ1n) is 8.59. The van der Waals surface area contributed by atoms with Gasteiger partial charge in [-0.1, -0.05) is 84.4 Å². The largest absolute Gasteiger partial charge is 0.469 e. The van der Waals surface area contributed by atoms with Crippen LogP contribution >= 0.6 is 18.7 Å². The molecule has 5 heteroatoms. The van der Waals surface area contributed by atoms with Gasteiger partial charge in [0.25, 0.3) is 0 Å². The number of halogens is 1. The van der Waals surface area contributed by atoms with Crippen LogP contribution in [0.25, 0.3) is 0 Å². The zero-order valence-electron chi connectivity index (χ0n) is 14.9. The van der Waals surface area contributed by atoms with E-state index in [1.165, 1.54) is 7.11 Å². The Bertz CT molecular complexity index is 897. The lowest BCUT2D eigenvalue weighted by atomic mass is 10.1. The normalized spacial score (nSPS) is 12.4. The predicted molar refractivity (Wildman–Crippen MR) is 111 cm³/mol. The van der Waals surface area contributed by atoms with Crippen molar-refractivity contribution in [3.05, 3.63) is 95.5 Å². The second-order valence-corrected chi connectivity index (χ2v) is 9.59. The van der Waals surface area contributed by atoms with Gasteiger partial charge in [0.05, 0.1) is 19.2 Å². The number of methoxy groups -OCH3 is 1. The van der Waals surface area contributed by atoms with Crippen molar-refractivity contribution in [2.75, 3.05) is 7.11 Å². The van der Waals surface area contributed by atoms with Crippen molar-refractivity contribution in [3.8, 4) is 0 Å². The average molecular weight is 399 g/mol. The van der Waals surface area contributed by atoms with Gasteiger partial charge in [0.15, 0.2) is 7.14 Å². The zero-order valence-corrected chi connectivity index (χ0v) is 16.6. The van der Waals surface area contributed by atoms with Gasteiger partial charge in [0.2, 0.25) is 0 Å². The number of ether oxygens (including phenoxy) is 1. The van der Waals surface area contributed by atoms with Crippen LogP contribution in [0.2, 0.25) is 5.02 Å². The van der Waals surface area contributed by atoms with Gasteiger partial charge in [-0.15, -0.1) is 0 Å². The van der Waals surface area contributed by atoms with Crippen LogP contribution in [0.15, 0.2) is 84.9 Å². The highest BCUT2D eigenvalue weighted by molar-refractivity contribution is 7.79. The number of esters is 1. The summed E-state index contributed by atoms with van der Waals surface area (Å²) < 4.78 is 19.5. The molecule has 0 fully saturated rings. The number of benzene rings is 3. The van der Waals surface area contributed by atoms with E-state index in [2.05, 4.69) is 0 Å². The number of rotatable bonds is 6. The molecule has 27 heavy (non-hydrogen) atoms. The lowest BCUT2D eigenvalue weighted by Crippen LogP contribution is -2.23. The van der Waals surface area contributed by atoms with Gasteiger partial charge in [-0.05, 0) is 17.7 Å². The Labute approximate surface area is 164 Å². The maximum Gasteiger partial charge on any atom is 0.306 e. The molecule has 0 radical (unpaired) electrons. The highest BCUT2D eigenvalue weighted by Gasteiger charge is 2.39. The third-order valence-electron chi connectivity index (χ3n) is 4.56. The highest BCUT2D eigenvalue weighted by atomic mass is 35.5. The minimum absolute atomic E-state index is 0.0131. The first-order chi connectivity index (χ1) is 13.1. The van der Waals surface area contributed by atoms with Crippen molar-refractivity contribution in [1.82, 2.24) is 0 Å². The molecule has 0 N–H and O–H groups in total. The Balaban J connectivity index is 2.23. The van der Waals surface area contributed by atoms with Crippen LogP contribution in [0.4, 0.5) is 0 Å². The molecule has 0 amide bonds. The van der Waals surface area contributed by atoms with E-state index in [9.17, 15) is 9.36 Å². The van der Waals surface area contributed by atoms with Gasteiger partial charge in [-0.3, -0.25) is 4.79 Å². The van der Waals surface area contributed by atoms with Crippen LogP contribution in [0, 0.1) is 0 Å². The summed E-state index contributed by atoms with van der Waals surface area (Å²) in [4.78, 5) is 12.2. The molecule has 3 aromatic rings. The molecule has 138 valence electrons. The first kappa shape index (κ1) is 19.4. The van der Waals surface area contributed by atoms with E-state index in [4.69, 9.17) is 16.3 Å². The van der Waals surface area contributed by atoms with Gasteiger partial charge in [-0.2, -0.15) is 0 Å². The predicted octanol–water partition coefficient (Wildman–Crippen LogP) is 4.96. The Kier molecular flexibility index (Phi) is 6.15. The molecule has 0 saturated heterocycles. The molecule has 3 rings (SSSR count). The average Bonchev–Trinajstić information content (AvgIpc) is 2.73. The van der Waals surface area contributed by atoms with Gasteiger partial charge < -0.3 is 9.30 Å². The van der Waals surface area contributed by atoms with Gasteiger partial charge in [0.1, 0.15) is 0 Å². The quantitative estimate of drug-likeness (QED) is 0.435. The van der Waals surface area contributed by atoms with E-state index in [0.29, 0.717) is 15.6 Å². The summed E-state index contributed by atoms with van der Waals surface area (Å²) in [7, 11) is -1.84. The van der Waals surface area contributed by atoms with Crippen molar-refractivity contribution in [2.24, 2.45) is 0 Å². The molecular weight excluding hydrogens is 379 g/mol. The molecule has 1 atom stereocenters. The van der Waals surface area contributed by atoms with Crippen molar-refractivity contribution >= 4 is 35.3 Å². The molecule has 0 saturated carbocycles. The van der Waals surface area contributed by atoms with Crippen LogP contribution in [0.5, 0.6) is 0 Å². The molecule has 0 spiro atoms. The molecule has 0 bridgehead atoms. The standard InChI is InChI=1S/C22H20ClO3P/c1-26-22(24)16-21(17-12-14-18(23)15-13-17)27(25,19-8-4-2-5-9-19)20-10-6-3-7-11-20/h2-15,21H,16H2,1H3/t21-/m1/s1. The smallest absolute Gasteiger partial charge is 0.306 e. The molecule has 0 aromatic heterocycles. The van der Waals surface area contributed by atoms with Crippen LogP contribution in [-0.4, -0.2) is 13.1 Å². The van der Waals surface area contributed by atoms with E-state index in [0.717, 1.165) is 5.56 Å². The van der Waals surface area contributed by atoms with Crippen molar-refractivity contribution in [3.63, 3.8) is 0 Å². The summed E-state index contributed by atoms with van der Waals surface area (Å²) in [5.74, 6) is -0.401. The zero-order chi connectivity index (χ0) is 19.3. The summed E-state index contributed by atoms with van der Waals surface area (Å²) in [6.45, 7) is 0. The third-order valence-corrected chi connectivity index (χ3v) is 8.30. The summed E-state index contributed by atoms with van der Waals surface area (Å²) >= 11 is 6.04. The van der Waals surface area contributed by atoms with Crippen LogP contribution in [0.1, 0.15) is 17.6 Å². The number of hydrogen-bond donors (Lipinski definition) is 0. The molecule has 0 aliphatic heterocycles. The Morgan fingerprint density at radius 3 is 1.81 bits per heavy atom. The number of hydrogen-bond acceptors (Lipinski definition) is 3. The van der Waals surface area contributed by atoms with Crippen molar-refractivity contribution in [2.45, 2.75) is 12.1 Å². The van der Waals surface area contributed by atoms with E-state index in [1.54, 1.807) is 12.1 Å². The Hall–Kier alpha value is -2.35. The SMILES string of the molecule is COC(=O)C[C@H](c1ccc(Cl)cc1)P(=O)(c1ccccc1)c1ccccc1. The Morgan fingerprint density at radius 2 is 1.37 bits per heavy atom. The topological polar surface area (TPSA) is 43.4 Å². The van der Waals surface area contributed by atoms with Gasteiger partial charge >= 0.3 is 5.97 Å². The van der Waals surface area contributed by atoms with Gasteiger partial charge in [0, 0.05) is 15.6 Å². The summed E-state index contributed by atoms with van der Waals surface area (Å²) in [6, 6.07) is 25.8.